The van der Waals surface area contributed by atoms with E-state index in [2.05, 4.69) is 54.2 Å². The van der Waals surface area contributed by atoms with Crippen LogP contribution in [0.2, 0.25) is 0 Å². The van der Waals surface area contributed by atoms with Gasteiger partial charge in [-0.25, -0.2) is 0 Å². The predicted octanol–water partition coefficient (Wildman–Crippen LogP) is 2.68. The third-order valence-electron chi connectivity index (χ3n) is 4.29. The lowest BCUT2D eigenvalue weighted by atomic mass is 9.93. The molecular weight excluding hydrogens is 278 g/mol. The van der Waals surface area contributed by atoms with Gasteiger partial charge in [0.05, 0.1) is 4.99 Å². The average molecular weight is 305 g/mol. The van der Waals surface area contributed by atoms with Gasteiger partial charge in [-0.1, -0.05) is 42.5 Å². The Labute approximate surface area is 134 Å². The van der Waals surface area contributed by atoms with Crippen molar-refractivity contribution in [1.82, 2.24) is 9.80 Å². The molecule has 116 valence electrons. The molecule has 0 aliphatic carbocycles. The molecule has 4 heteroatoms. The van der Waals surface area contributed by atoms with Gasteiger partial charge in [0.2, 0.25) is 0 Å². The lowest BCUT2D eigenvalue weighted by molar-refractivity contribution is 0.122. The van der Waals surface area contributed by atoms with Crippen LogP contribution in [0, 0.1) is 5.92 Å². The van der Waals surface area contributed by atoms with Crippen molar-refractivity contribution in [2.75, 3.05) is 33.7 Å². The van der Waals surface area contributed by atoms with E-state index >= 15 is 0 Å². The Bertz CT molecular complexity index is 439. The molecule has 0 aromatic heterocycles. The van der Waals surface area contributed by atoms with E-state index in [1.54, 1.807) is 0 Å². The van der Waals surface area contributed by atoms with E-state index in [0.717, 1.165) is 25.4 Å². The number of thiocarbonyl (C=S) groups is 1. The van der Waals surface area contributed by atoms with Crippen LogP contribution in [0.3, 0.4) is 0 Å². The molecule has 0 bridgehead atoms. The first-order valence-corrected chi connectivity index (χ1v) is 8.19. The molecular formula is C17H27N3S. The quantitative estimate of drug-likeness (QED) is 0.819. The molecule has 1 saturated heterocycles. The smallest absolute Gasteiger partial charge is 0.0746 e. The summed E-state index contributed by atoms with van der Waals surface area (Å²) in [5, 5.41) is 0. The van der Waals surface area contributed by atoms with Crippen LogP contribution in [0.15, 0.2) is 30.3 Å². The summed E-state index contributed by atoms with van der Waals surface area (Å²) in [7, 11) is 4.32. The van der Waals surface area contributed by atoms with Crippen molar-refractivity contribution >= 4 is 17.2 Å². The Morgan fingerprint density at radius 1 is 1.29 bits per heavy atom. The van der Waals surface area contributed by atoms with Crippen molar-refractivity contribution in [2.45, 2.75) is 25.3 Å². The zero-order valence-electron chi connectivity index (χ0n) is 13.2. The number of benzene rings is 1. The molecule has 1 aromatic carbocycles. The number of likely N-dealkylation sites (tertiary alicyclic amines) is 1. The molecule has 2 rings (SSSR count). The Balaban J connectivity index is 2.01. The minimum absolute atomic E-state index is 0.337. The molecule has 0 saturated carbocycles. The molecule has 1 fully saturated rings. The van der Waals surface area contributed by atoms with Crippen LogP contribution in [-0.2, 0) is 0 Å². The summed E-state index contributed by atoms with van der Waals surface area (Å²) < 4.78 is 0. The van der Waals surface area contributed by atoms with Gasteiger partial charge in [0.1, 0.15) is 0 Å². The number of nitrogens with two attached hydrogens (primary N) is 1. The highest BCUT2D eigenvalue weighted by Crippen LogP contribution is 2.29. The van der Waals surface area contributed by atoms with Gasteiger partial charge < -0.3 is 10.6 Å². The van der Waals surface area contributed by atoms with Gasteiger partial charge in [-0.2, -0.15) is 0 Å². The Morgan fingerprint density at radius 3 is 2.43 bits per heavy atom. The number of nitrogens with zero attached hydrogens (tertiary/aromatic N) is 2. The van der Waals surface area contributed by atoms with E-state index in [-0.39, 0.29) is 0 Å². The number of hydrogen-bond acceptors (Lipinski definition) is 3. The van der Waals surface area contributed by atoms with Gasteiger partial charge in [-0.05, 0) is 51.5 Å². The SMILES string of the molecule is CN(C)CC1CCN(C(CC(N)=S)c2ccccc2)CC1. The van der Waals surface area contributed by atoms with Gasteiger partial charge in [0.25, 0.3) is 0 Å². The Kier molecular flexibility index (Phi) is 6.15. The van der Waals surface area contributed by atoms with Gasteiger partial charge in [-0.3, -0.25) is 4.90 Å². The molecule has 1 aromatic rings. The molecule has 21 heavy (non-hydrogen) atoms. The van der Waals surface area contributed by atoms with Crippen molar-refractivity contribution in [3.8, 4) is 0 Å². The first-order chi connectivity index (χ1) is 10.1. The normalized spacial score (nSPS) is 18.8. The molecule has 0 spiro atoms. The van der Waals surface area contributed by atoms with Gasteiger partial charge in [0.15, 0.2) is 0 Å². The van der Waals surface area contributed by atoms with Crippen molar-refractivity contribution in [3.63, 3.8) is 0 Å². The minimum atomic E-state index is 0.337. The summed E-state index contributed by atoms with van der Waals surface area (Å²) in [6.07, 6.45) is 3.30. The Hall–Kier alpha value is -0.970. The summed E-state index contributed by atoms with van der Waals surface area (Å²) in [4.78, 5) is 5.46. The predicted molar refractivity (Wildman–Crippen MR) is 93.4 cm³/mol. The second-order valence-electron chi connectivity index (χ2n) is 6.34. The molecule has 1 aliphatic heterocycles. The van der Waals surface area contributed by atoms with Gasteiger partial charge in [0, 0.05) is 19.0 Å². The van der Waals surface area contributed by atoms with Crippen molar-refractivity contribution < 1.29 is 0 Å². The maximum Gasteiger partial charge on any atom is 0.0746 e. The fraction of sp³-hybridized carbons (Fsp3) is 0.588. The zero-order valence-corrected chi connectivity index (χ0v) is 14.0. The van der Waals surface area contributed by atoms with Gasteiger partial charge >= 0.3 is 0 Å². The zero-order chi connectivity index (χ0) is 15.2. The highest BCUT2D eigenvalue weighted by Gasteiger charge is 2.26. The van der Waals surface area contributed by atoms with Crippen LogP contribution in [0.5, 0.6) is 0 Å². The fourth-order valence-electron chi connectivity index (χ4n) is 3.29. The molecule has 0 radical (unpaired) electrons. The second-order valence-corrected chi connectivity index (χ2v) is 6.86. The minimum Gasteiger partial charge on any atom is -0.393 e. The number of hydrogen-bond donors (Lipinski definition) is 1. The first-order valence-electron chi connectivity index (χ1n) is 7.78. The standard InChI is InChI=1S/C17H27N3S/c1-19(2)13-14-8-10-20(11-9-14)16(12-17(18)21)15-6-4-3-5-7-15/h3-7,14,16H,8-13H2,1-2H3,(H2,18,21). The van der Waals surface area contributed by atoms with Crippen LogP contribution < -0.4 is 5.73 Å². The lowest BCUT2D eigenvalue weighted by Crippen LogP contribution is -2.40. The van der Waals surface area contributed by atoms with E-state index in [4.69, 9.17) is 18.0 Å². The highest BCUT2D eigenvalue weighted by molar-refractivity contribution is 7.80. The van der Waals surface area contributed by atoms with Crippen molar-refractivity contribution in [2.24, 2.45) is 11.7 Å². The van der Waals surface area contributed by atoms with Crippen LogP contribution in [0.4, 0.5) is 0 Å². The van der Waals surface area contributed by atoms with Gasteiger partial charge in [-0.15, -0.1) is 0 Å². The molecule has 1 aliphatic rings. The van der Waals surface area contributed by atoms with Crippen LogP contribution in [0.1, 0.15) is 30.9 Å². The van der Waals surface area contributed by atoms with Crippen LogP contribution in [-0.4, -0.2) is 48.5 Å². The monoisotopic (exact) mass is 305 g/mol. The van der Waals surface area contributed by atoms with Crippen molar-refractivity contribution in [3.05, 3.63) is 35.9 Å². The lowest BCUT2D eigenvalue weighted by Gasteiger charge is -2.38. The van der Waals surface area contributed by atoms with E-state index in [0.29, 0.717) is 11.0 Å². The number of rotatable bonds is 6. The van der Waals surface area contributed by atoms with Crippen LogP contribution >= 0.6 is 12.2 Å². The number of piperidine rings is 1. The molecule has 2 N–H and O–H groups in total. The first kappa shape index (κ1) is 16.4. The average Bonchev–Trinajstić information content (AvgIpc) is 2.46. The molecule has 0 amide bonds. The topological polar surface area (TPSA) is 32.5 Å². The summed E-state index contributed by atoms with van der Waals surface area (Å²) in [6.45, 7) is 3.47. The molecule has 1 unspecified atom stereocenters. The van der Waals surface area contributed by atoms with E-state index in [9.17, 15) is 0 Å². The maximum absolute atomic E-state index is 5.83. The molecule has 1 atom stereocenters. The Morgan fingerprint density at radius 2 is 1.90 bits per heavy atom. The maximum atomic E-state index is 5.83. The molecule has 3 nitrogen and oxygen atoms in total. The van der Waals surface area contributed by atoms with E-state index in [1.807, 2.05) is 0 Å². The van der Waals surface area contributed by atoms with Crippen LogP contribution in [0.25, 0.3) is 0 Å². The summed E-state index contributed by atoms with van der Waals surface area (Å²) in [6, 6.07) is 11.0. The van der Waals surface area contributed by atoms with E-state index < -0.39 is 0 Å². The summed E-state index contributed by atoms with van der Waals surface area (Å²) in [5.41, 5.74) is 7.16. The van der Waals surface area contributed by atoms with Crippen molar-refractivity contribution in [1.29, 1.82) is 0 Å². The summed E-state index contributed by atoms with van der Waals surface area (Å²) >= 11 is 5.17. The third-order valence-corrected chi connectivity index (χ3v) is 4.46. The highest BCUT2D eigenvalue weighted by atomic mass is 32.1. The second kappa shape index (κ2) is 7.87. The fourth-order valence-corrected chi connectivity index (χ4v) is 3.44. The third kappa shape index (κ3) is 5.06. The van der Waals surface area contributed by atoms with E-state index in [1.165, 1.54) is 24.9 Å². The summed E-state index contributed by atoms with van der Waals surface area (Å²) in [5.74, 6) is 0.817. The largest absolute Gasteiger partial charge is 0.393 e. The molecule has 1 heterocycles.